The summed E-state index contributed by atoms with van der Waals surface area (Å²) in [5.74, 6) is 0.423. The van der Waals surface area contributed by atoms with E-state index in [-0.39, 0.29) is 18.0 Å². The van der Waals surface area contributed by atoms with Crippen LogP contribution in [-0.2, 0) is 11.2 Å². The molecule has 2 heterocycles. The van der Waals surface area contributed by atoms with Gasteiger partial charge in [0.15, 0.2) is 0 Å². The highest BCUT2D eigenvalue weighted by atomic mass is 19.1. The second kappa shape index (κ2) is 8.09. The van der Waals surface area contributed by atoms with Crippen molar-refractivity contribution in [1.29, 1.82) is 0 Å². The summed E-state index contributed by atoms with van der Waals surface area (Å²) in [7, 11) is 0. The maximum atomic E-state index is 13.1. The molecule has 0 aliphatic carbocycles. The van der Waals surface area contributed by atoms with Gasteiger partial charge in [-0.3, -0.25) is 9.80 Å². The summed E-state index contributed by atoms with van der Waals surface area (Å²) >= 11 is 0. The third kappa shape index (κ3) is 4.48. The van der Waals surface area contributed by atoms with E-state index in [1.165, 1.54) is 30.5 Å². The fourth-order valence-corrected chi connectivity index (χ4v) is 4.06. The van der Waals surface area contributed by atoms with Gasteiger partial charge in [0.2, 0.25) is 0 Å². The first-order chi connectivity index (χ1) is 13.2. The van der Waals surface area contributed by atoms with Gasteiger partial charge < -0.3 is 4.74 Å². The first-order valence-corrected chi connectivity index (χ1v) is 9.67. The summed E-state index contributed by atoms with van der Waals surface area (Å²) in [6.07, 6.45) is 3.03. The summed E-state index contributed by atoms with van der Waals surface area (Å²) in [6.45, 7) is 3.38. The van der Waals surface area contributed by atoms with Crippen LogP contribution in [-0.4, -0.2) is 43.3 Å². The Morgan fingerprint density at radius 1 is 1.00 bits per heavy atom. The third-order valence-electron chi connectivity index (χ3n) is 5.55. The molecule has 2 aliphatic heterocycles. The topological polar surface area (TPSA) is 32.8 Å². The fraction of sp³-hybridized carbons (Fsp3) is 0.409. The van der Waals surface area contributed by atoms with Crippen LogP contribution in [0.3, 0.4) is 0 Å². The quantitative estimate of drug-likeness (QED) is 0.796. The number of hydrogen-bond acceptors (Lipinski definition) is 3. The van der Waals surface area contributed by atoms with Crippen molar-refractivity contribution in [3.8, 4) is 0 Å². The predicted octanol–water partition coefficient (Wildman–Crippen LogP) is 4.11. The van der Waals surface area contributed by atoms with Gasteiger partial charge in [0.25, 0.3) is 0 Å². The normalized spacial score (nSPS) is 21.4. The van der Waals surface area contributed by atoms with Crippen LogP contribution in [0, 0.1) is 11.7 Å². The first kappa shape index (κ1) is 18.0. The molecule has 4 rings (SSSR count). The lowest BCUT2D eigenvalue weighted by atomic mass is 9.90. The van der Waals surface area contributed by atoms with Gasteiger partial charge in [-0.25, -0.2) is 9.18 Å². The summed E-state index contributed by atoms with van der Waals surface area (Å²) in [5.41, 5.74) is 2.10. The van der Waals surface area contributed by atoms with Crippen LogP contribution < -0.4 is 4.90 Å². The van der Waals surface area contributed by atoms with Crippen LogP contribution in [0.1, 0.15) is 18.4 Å². The molecule has 27 heavy (non-hydrogen) atoms. The van der Waals surface area contributed by atoms with Crippen molar-refractivity contribution in [2.75, 3.05) is 31.1 Å². The Bertz CT molecular complexity index is 758. The summed E-state index contributed by atoms with van der Waals surface area (Å²) in [6, 6.07) is 16.6. The number of carbonyl (C=O) groups is 1. The predicted molar refractivity (Wildman–Crippen MR) is 103 cm³/mol. The molecule has 0 saturated carbocycles. The van der Waals surface area contributed by atoms with Crippen LogP contribution in [0.2, 0.25) is 0 Å². The molecule has 1 atom stereocenters. The van der Waals surface area contributed by atoms with Crippen LogP contribution in [0.25, 0.3) is 0 Å². The Hall–Kier alpha value is -2.40. The molecule has 2 aliphatic rings. The van der Waals surface area contributed by atoms with Crippen molar-refractivity contribution in [3.63, 3.8) is 0 Å². The largest absolute Gasteiger partial charge is 0.443 e. The number of carbonyl (C=O) groups excluding carboxylic acids is 1. The Labute approximate surface area is 159 Å². The Morgan fingerprint density at radius 3 is 2.41 bits per heavy atom. The van der Waals surface area contributed by atoms with E-state index in [1.807, 2.05) is 0 Å². The highest BCUT2D eigenvalue weighted by molar-refractivity contribution is 5.89. The summed E-state index contributed by atoms with van der Waals surface area (Å²) in [4.78, 5) is 16.1. The number of piperidine rings is 1. The molecule has 2 fully saturated rings. The highest BCUT2D eigenvalue weighted by Crippen LogP contribution is 2.25. The Kier molecular flexibility index (Phi) is 5.39. The van der Waals surface area contributed by atoms with Crippen molar-refractivity contribution in [2.24, 2.45) is 5.92 Å². The van der Waals surface area contributed by atoms with E-state index in [0.29, 0.717) is 12.2 Å². The number of anilines is 1. The number of benzene rings is 2. The van der Waals surface area contributed by atoms with Crippen molar-refractivity contribution in [3.05, 3.63) is 66.0 Å². The number of ether oxygens (including phenoxy) is 1. The van der Waals surface area contributed by atoms with E-state index in [1.54, 1.807) is 17.0 Å². The van der Waals surface area contributed by atoms with Gasteiger partial charge >= 0.3 is 6.09 Å². The van der Waals surface area contributed by atoms with Crippen molar-refractivity contribution < 1.29 is 13.9 Å². The molecule has 0 N–H and O–H groups in total. The Balaban J connectivity index is 1.26. The second-order valence-corrected chi connectivity index (χ2v) is 7.53. The number of amides is 1. The fourth-order valence-electron chi connectivity index (χ4n) is 4.06. The third-order valence-corrected chi connectivity index (χ3v) is 5.55. The van der Waals surface area contributed by atoms with Gasteiger partial charge in [0.1, 0.15) is 11.9 Å². The lowest BCUT2D eigenvalue weighted by Crippen LogP contribution is -2.40. The molecule has 2 saturated heterocycles. The lowest BCUT2D eigenvalue weighted by Gasteiger charge is -2.33. The monoisotopic (exact) mass is 368 g/mol. The van der Waals surface area contributed by atoms with Gasteiger partial charge in [-0.05, 0) is 68.1 Å². The molecule has 5 heteroatoms. The molecule has 0 spiro atoms. The lowest BCUT2D eigenvalue weighted by molar-refractivity contribution is 0.0914. The van der Waals surface area contributed by atoms with Gasteiger partial charge in [-0.2, -0.15) is 0 Å². The van der Waals surface area contributed by atoms with E-state index in [2.05, 4.69) is 35.2 Å². The van der Waals surface area contributed by atoms with Gasteiger partial charge in [0, 0.05) is 12.2 Å². The van der Waals surface area contributed by atoms with Gasteiger partial charge in [0.05, 0.1) is 6.54 Å². The smallest absolute Gasteiger partial charge is 0.414 e. The number of likely N-dealkylation sites (tertiary alicyclic amines) is 1. The van der Waals surface area contributed by atoms with E-state index >= 15 is 0 Å². The van der Waals surface area contributed by atoms with E-state index in [0.717, 1.165) is 32.0 Å². The van der Waals surface area contributed by atoms with Gasteiger partial charge in [-0.1, -0.05) is 30.3 Å². The standard InChI is InChI=1S/C22H25FN2O2/c23-19-6-8-20(9-7-19)25-16-21(27-22(25)26)15-24-12-10-18(11-13-24)14-17-4-2-1-3-5-17/h1-9,18,21H,10-16H2. The molecular weight excluding hydrogens is 343 g/mol. The number of rotatable bonds is 5. The molecule has 2 aromatic carbocycles. The molecule has 0 aromatic heterocycles. The van der Waals surface area contributed by atoms with Crippen molar-refractivity contribution in [2.45, 2.75) is 25.4 Å². The minimum atomic E-state index is -0.342. The zero-order valence-electron chi connectivity index (χ0n) is 15.4. The maximum absolute atomic E-state index is 13.1. The first-order valence-electron chi connectivity index (χ1n) is 9.67. The second-order valence-electron chi connectivity index (χ2n) is 7.53. The van der Waals surface area contributed by atoms with Gasteiger partial charge in [-0.15, -0.1) is 0 Å². The van der Waals surface area contributed by atoms with Crippen molar-refractivity contribution in [1.82, 2.24) is 4.90 Å². The van der Waals surface area contributed by atoms with E-state index in [4.69, 9.17) is 4.74 Å². The molecular formula is C22H25FN2O2. The molecule has 1 unspecified atom stereocenters. The van der Waals surface area contributed by atoms with Crippen molar-refractivity contribution >= 4 is 11.8 Å². The average Bonchev–Trinajstić information content (AvgIpc) is 3.05. The molecule has 4 nitrogen and oxygen atoms in total. The molecule has 0 bridgehead atoms. The zero-order chi connectivity index (χ0) is 18.6. The summed E-state index contributed by atoms with van der Waals surface area (Å²) < 4.78 is 18.6. The zero-order valence-corrected chi connectivity index (χ0v) is 15.4. The highest BCUT2D eigenvalue weighted by Gasteiger charge is 2.34. The van der Waals surface area contributed by atoms with Crippen LogP contribution >= 0.6 is 0 Å². The minimum absolute atomic E-state index is 0.131. The number of hydrogen-bond donors (Lipinski definition) is 0. The minimum Gasteiger partial charge on any atom is -0.443 e. The summed E-state index contributed by atoms with van der Waals surface area (Å²) in [5, 5.41) is 0. The van der Waals surface area contributed by atoms with E-state index in [9.17, 15) is 9.18 Å². The van der Waals surface area contributed by atoms with Crippen LogP contribution in [0.4, 0.5) is 14.9 Å². The van der Waals surface area contributed by atoms with Crippen LogP contribution in [0.15, 0.2) is 54.6 Å². The molecule has 2 aromatic rings. The number of cyclic esters (lactones) is 1. The number of halogens is 1. The van der Waals surface area contributed by atoms with Crippen LogP contribution in [0.5, 0.6) is 0 Å². The average molecular weight is 368 g/mol. The Morgan fingerprint density at radius 2 is 1.70 bits per heavy atom. The van der Waals surface area contributed by atoms with E-state index < -0.39 is 0 Å². The molecule has 1 amide bonds. The number of nitrogens with zero attached hydrogens (tertiary/aromatic N) is 2. The molecule has 142 valence electrons. The SMILES string of the molecule is O=C1OC(CN2CCC(Cc3ccccc3)CC2)CN1c1ccc(F)cc1. The molecule has 0 radical (unpaired) electrons. The maximum Gasteiger partial charge on any atom is 0.414 e.